The molecule has 0 bridgehead atoms. The Labute approximate surface area is 314 Å². The molecule has 0 aliphatic carbocycles. The largest absolute Gasteiger partial charge is 0.494 e. The zero-order valence-corrected chi connectivity index (χ0v) is 30.5. The van der Waals surface area contributed by atoms with E-state index in [1.807, 2.05) is 102 Å². The number of benzene rings is 5. The van der Waals surface area contributed by atoms with Crippen LogP contribution >= 0.6 is 0 Å². The lowest BCUT2D eigenvalue weighted by molar-refractivity contribution is 0.00578. The first-order chi connectivity index (χ1) is 26.2. The molecular weight excluding hydrogens is 667 g/mol. The molecule has 4 heterocycles. The molecule has 3 aromatic heterocycles. The van der Waals surface area contributed by atoms with Crippen LogP contribution in [0.3, 0.4) is 0 Å². The standard InChI is InChI=1S/C45H37BN6O2/c1-44(2)45(3,4)54-46(53-44)37-28-35(27-36(29-37)42-50-43-38(21-14-26-52(43)51-42)32-17-10-6-11-18-32)41-48-39(33-19-12-7-13-20-33)47-40(49-41)34-24-22-31(23-25-34)30-15-8-5-9-16-30/h5-29H,1-4H3. The number of rotatable bonds is 7. The van der Waals surface area contributed by atoms with Crippen molar-refractivity contribution in [2.24, 2.45) is 0 Å². The van der Waals surface area contributed by atoms with E-state index in [9.17, 15) is 0 Å². The summed E-state index contributed by atoms with van der Waals surface area (Å²) in [4.78, 5) is 20.3. The van der Waals surface area contributed by atoms with E-state index < -0.39 is 18.3 Å². The van der Waals surface area contributed by atoms with Crippen LogP contribution in [0, 0.1) is 0 Å². The van der Waals surface area contributed by atoms with Gasteiger partial charge < -0.3 is 9.31 Å². The molecule has 1 saturated heterocycles. The smallest absolute Gasteiger partial charge is 0.399 e. The van der Waals surface area contributed by atoms with Crippen molar-refractivity contribution < 1.29 is 9.31 Å². The Bertz CT molecular complexity index is 2590. The molecule has 0 saturated carbocycles. The van der Waals surface area contributed by atoms with Crippen LogP contribution in [0.1, 0.15) is 27.7 Å². The lowest BCUT2D eigenvalue weighted by Crippen LogP contribution is -2.41. The van der Waals surface area contributed by atoms with Crippen molar-refractivity contribution in [2.45, 2.75) is 38.9 Å². The normalized spacial score (nSPS) is 14.8. The summed E-state index contributed by atoms with van der Waals surface area (Å²) < 4.78 is 15.0. The van der Waals surface area contributed by atoms with Crippen molar-refractivity contribution in [1.82, 2.24) is 29.5 Å². The number of fused-ring (bicyclic) bond motifs is 1. The van der Waals surface area contributed by atoms with Crippen molar-refractivity contribution in [2.75, 3.05) is 0 Å². The van der Waals surface area contributed by atoms with E-state index in [1.54, 1.807) is 0 Å². The molecule has 9 rings (SSSR count). The number of hydrogen-bond donors (Lipinski definition) is 0. The molecule has 0 amide bonds. The predicted molar refractivity (Wildman–Crippen MR) is 215 cm³/mol. The quantitative estimate of drug-likeness (QED) is 0.153. The van der Waals surface area contributed by atoms with Crippen LogP contribution < -0.4 is 5.46 Å². The summed E-state index contributed by atoms with van der Waals surface area (Å²) in [5.74, 6) is 2.22. The van der Waals surface area contributed by atoms with Crippen molar-refractivity contribution in [1.29, 1.82) is 0 Å². The molecule has 0 atom stereocenters. The van der Waals surface area contributed by atoms with Crippen LogP contribution in [0.25, 0.3) is 73.5 Å². The fourth-order valence-electron chi connectivity index (χ4n) is 6.69. The second kappa shape index (κ2) is 13.3. The van der Waals surface area contributed by atoms with Gasteiger partial charge in [0.2, 0.25) is 0 Å². The minimum absolute atomic E-state index is 0.513. The number of pyridine rings is 1. The Hall–Kier alpha value is -6.29. The maximum Gasteiger partial charge on any atom is 0.494 e. The fraction of sp³-hybridized carbons (Fsp3) is 0.133. The third-order valence-electron chi connectivity index (χ3n) is 10.4. The third kappa shape index (κ3) is 6.27. The fourth-order valence-corrected chi connectivity index (χ4v) is 6.69. The lowest BCUT2D eigenvalue weighted by atomic mass is 9.77. The minimum atomic E-state index is -0.633. The van der Waals surface area contributed by atoms with Crippen molar-refractivity contribution >= 4 is 18.2 Å². The number of aromatic nitrogens is 6. The molecule has 0 N–H and O–H groups in total. The van der Waals surface area contributed by atoms with E-state index in [0.717, 1.165) is 55.6 Å². The van der Waals surface area contributed by atoms with Crippen LogP contribution in [0.2, 0.25) is 0 Å². The second-order valence-electron chi connectivity index (χ2n) is 14.5. The Morgan fingerprint density at radius 3 is 1.50 bits per heavy atom. The van der Waals surface area contributed by atoms with Gasteiger partial charge >= 0.3 is 7.12 Å². The molecule has 54 heavy (non-hydrogen) atoms. The molecule has 8 aromatic rings. The zero-order chi connectivity index (χ0) is 36.9. The van der Waals surface area contributed by atoms with Gasteiger partial charge in [-0.1, -0.05) is 127 Å². The summed E-state index contributed by atoms with van der Waals surface area (Å²) >= 11 is 0. The first-order valence-electron chi connectivity index (χ1n) is 18.1. The zero-order valence-electron chi connectivity index (χ0n) is 30.5. The molecule has 8 nitrogen and oxygen atoms in total. The van der Waals surface area contributed by atoms with E-state index in [2.05, 4.69) is 82.3 Å². The van der Waals surface area contributed by atoms with E-state index in [0.29, 0.717) is 23.3 Å². The monoisotopic (exact) mass is 704 g/mol. The highest BCUT2D eigenvalue weighted by atomic mass is 16.7. The minimum Gasteiger partial charge on any atom is -0.399 e. The van der Waals surface area contributed by atoms with Crippen LogP contribution in [0.5, 0.6) is 0 Å². The van der Waals surface area contributed by atoms with E-state index in [1.165, 1.54) is 0 Å². The molecule has 262 valence electrons. The SMILES string of the molecule is CC1(C)OB(c2cc(-c3nc(-c4ccccc4)nc(-c4ccc(-c5ccccc5)cc4)n3)cc(-c3nc4c(-c5ccccc5)cccn4n3)c2)OC1(C)C. The van der Waals surface area contributed by atoms with Gasteiger partial charge in [0.05, 0.1) is 11.2 Å². The lowest BCUT2D eigenvalue weighted by Gasteiger charge is -2.32. The summed E-state index contributed by atoms with van der Waals surface area (Å²) in [6, 6.07) is 49.1. The number of hydrogen-bond acceptors (Lipinski definition) is 7. The maximum atomic E-state index is 6.58. The first-order valence-corrected chi connectivity index (χ1v) is 18.1. The van der Waals surface area contributed by atoms with Gasteiger partial charge in [-0.3, -0.25) is 0 Å². The first kappa shape index (κ1) is 33.5. The highest BCUT2D eigenvalue weighted by molar-refractivity contribution is 6.62. The van der Waals surface area contributed by atoms with E-state index in [-0.39, 0.29) is 0 Å². The maximum absolute atomic E-state index is 6.58. The average molecular weight is 705 g/mol. The molecule has 1 fully saturated rings. The molecule has 5 aromatic carbocycles. The van der Waals surface area contributed by atoms with Gasteiger partial charge in [0.25, 0.3) is 0 Å². The van der Waals surface area contributed by atoms with Gasteiger partial charge in [0.15, 0.2) is 28.9 Å². The van der Waals surface area contributed by atoms with Crippen LogP contribution in [0.4, 0.5) is 0 Å². The molecule has 9 heteroatoms. The van der Waals surface area contributed by atoms with Gasteiger partial charge in [-0.25, -0.2) is 24.5 Å². The van der Waals surface area contributed by atoms with Gasteiger partial charge in [0, 0.05) is 34.0 Å². The van der Waals surface area contributed by atoms with Gasteiger partial charge in [0.1, 0.15) is 0 Å². The molecular formula is C45H37BN6O2. The third-order valence-corrected chi connectivity index (χ3v) is 10.4. The van der Waals surface area contributed by atoms with Crippen LogP contribution in [0.15, 0.2) is 152 Å². The Balaban J connectivity index is 1.21. The van der Waals surface area contributed by atoms with Crippen LogP contribution in [-0.4, -0.2) is 47.9 Å². The van der Waals surface area contributed by atoms with Crippen molar-refractivity contribution in [3.8, 4) is 67.8 Å². The van der Waals surface area contributed by atoms with Gasteiger partial charge in [-0.15, -0.1) is 5.10 Å². The van der Waals surface area contributed by atoms with E-state index >= 15 is 0 Å². The molecule has 0 spiro atoms. The predicted octanol–water partition coefficient (Wildman–Crippen LogP) is 9.22. The molecule has 0 unspecified atom stereocenters. The Morgan fingerprint density at radius 2 is 0.907 bits per heavy atom. The van der Waals surface area contributed by atoms with E-state index in [4.69, 9.17) is 34.3 Å². The number of nitrogens with zero attached hydrogens (tertiary/aromatic N) is 6. The summed E-state index contributed by atoms with van der Waals surface area (Å²) in [6.45, 7) is 8.22. The molecule has 0 radical (unpaired) electrons. The highest BCUT2D eigenvalue weighted by Crippen LogP contribution is 2.37. The molecule has 1 aliphatic rings. The summed E-state index contributed by atoms with van der Waals surface area (Å²) in [5, 5.41) is 4.96. The Kier molecular flexibility index (Phi) is 8.25. The average Bonchev–Trinajstić information content (AvgIpc) is 3.75. The van der Waals surface area contributed by atoms with Gasteiger partial charge in [-0.2, -0.15) is 0 Å². The summed E-state index contributed by atoms with van der Waals surface area (Å²) in [7, 11) is -0.633. The van der Waals surface area contributed by atoms with Gasteiger partial charge in [-0.05, 0) is 68.0 Å². The van der Waals surface area contributed by atoms with Crippen molar-refractivity contribution in [3.63, 3.8) is 0 Å². The molecule has 1 aliphatic heterocycles. The van der Waals surface area contributed by atoms with Crippen molar-refractivity contribution in [3.05, 3.63) is 152 Å². The Morgan fingerprint density at radius 1 is 0.444 bits per heavy atom. The summed E-state index contributed by atoms with van der Waals surface area (Å²) in [5.41, 5.74) is 8.15. The second-order valence-corrected chi connectivity index (χ2v) is 14.5. The topological polar surface area (TPSA) is 87.3 Å². The summed E-state index contributed by atoms with van der Waals surface area (Å²) in [6.07, 6.45) is 1.92. The highest BCUT2D eigenvalue weighted by Gasteiger charge is 2.52. The van der Waals surface area contributed by atoms with Crippen LogP contribution in [-0.2, 0) is 9.31 Å².